The van der Waals surface area contributed by atoms with Crippen LogP contribution in [0.5, 0.6) is 0 Å². The molecule has 0 aromatic heterocycles. The van der Waals surface area contributed by atoms with Gasteiger partial charge in [0, 0.05) is 5.56 Å². The molecule has 0 atom stereocenters. The van der Waals surface area contributed by atoms with Gasteiger partial charge in [-0.3, -0.25) is 4.79 Å². The van der Waals surface area contributed by atoms with E-state index in [1.807, 2.05) is 45.2 Å². The van der Waals surface area contributed by atoms with Gasteiger partial charge in [0.25, 0.3) is 5.91 Å². The van der Waals surface area contributed by atoms with Gasteiger partial charge in [-0.2, -0.15) is 0 Å². The van der Waals surface area contributed by atoms with Gasteiger partial charge in [0.1, 0.15) is 0 Å². The van der Waals surface area contributed by atoms with Gasteiger partial charge in [-0.15, -0.1) is 0 Å². The zero-order chi connectivity index (χ0) is 15.4. The number of hydrogen-bond donors (Lipinski definition) is 3. The van der Waals surface area contributed by atoms with E-state index >= 15 is 0 Å². The second kappa shape index (κ2) is 6.37. The summed E-state index contributed by atoms with van der Waals surface area (Å²) >= 11 is 0. The summed E-state index contributed by atoms with van der Waals surface area (Å²) in [6, 6.07) is 7.57. The van der Waals surface area contributed by atoms with Crippen LogP contribution < -0.4 is 10.6 Å². The van der Waals surface area contributed by atoms with E-state index in [1.54, 1.807) is 13.8 Å². The summed E-state index contributed by atoms with van der Waals surface area (Å²) < 4.78 is 0. The fraction of sp³-hybridized carbons (Fsp3) is 0.562. The zero-order valence-electron chi connectivity index (χ0n) is 13.1. The van der Waals surface area contributed by atoms with Crippen molar-refractivity contribution in [3.8, 4) is 0 Å². The molecule has 1 amide bonds. The summed E-state index contributed by atoms with van der Waals surface area (Å²) in [5, 5.41) is 16.1. The maximum atomic E-state index is 12.4. The molecule has 0 aliphatic rings. The molecule has 4 nitrogen and oxygen atoms in total. The van der Waals surface area contributed by atoms with Crippen LogP contribution in [0.25, 0.3) is 0 Å². The van der Waals surface area contributed by atoms with E-state index in [0.29, 0.717) is 5.56 Å². The highest BCUT2D eigenvalue weighted by atomic mass is 16.3. The Balaban J connectivity index is 2.93. The average Bonchev–Trinajstić information content (AvgIpc) is 2.34. The van der Waals surface area contributed by atoms with Crippen molar-refractivity contribution in [1.29, 1.82) is 0 Å². The Labute approximate surface area is 121 Å². The monoisotopic (exact) mass is 278 g/mol. The standard InChI is InChI=1S/C16H26N2O2/c1-15(2,16(3,4)20)18-14(19)13-9-7-6-8-12(13)10-11-17-5/h6-9,17,20H,10-11H2,1-5H3,(H,18,19). The first-order valence-electron chi connectivity index (χ1n) is 6.96. The molecule has 1 aromatic carbocycles. The molecule has 112 valence electrons. The van der Waals surface area contributed by atoms with Crippen molar-refractivity contribution in [2.45, 2.75) is 45.3 Å². The molecule has 1 rings (SSSR count). The number of aliphatic hydroxyl groups is 1. The van der Waals surface area contributed by atoms with Crippen molar-refractivity contribution >= 4 is 5.91 Å². The summed E-state index contributed by atoms with van der Waals surface area (Å²) in [5.74, 6) is -0.149. The largest absolute Gasteiger partial charge is 0.388 e. The van der Waals surface area contributed by atoms with Crippen LogP contribution in [0.2, 0.25) is 0 Å². The Hall–Kier alpha value is -1.39. The highest BCUT2D eigenvalue weighted by Gasteiger charge is 2.36. The minimum absolute atomic E-state index is 0.149. The fourth-order valence-electron chi connectivity index (χ4n) is 1.72. The lowest BCUT2D eigenvalue weighted by atomic mass is 9.85. The lowest BCUT2D eigenvalue weighted by Crippen LogP contribution is -2.57. The van der Waals surface area contributed by atoms with Gasteiger partial charge in [-0.1, -0.05) is 18.2 Å². The van der Waals surface area contributed by atoms with Crippen LogP contribution in [-0.4, -0.2) is 35.7 Å². The summed E-state index contributed by atoms with van der Waals surface area (Å²) in [7, 11) is 1.89. The zero-order valence-corrected chi connectivity index (χ0v) is 13.1. The van der Waals surface area contributed by atoms with E-state index in [4.69, 9.17) is 0 Å². The maximum absolute atomic E-state index is 12.4. The van der Waals surface area contributed by atoms with Crippen molar-refractivity contribution in [2.75, 3.05) is 13.6 Å². The highest BCUT2D eigenvalue weighted by molar-refractivity contribution is 5.96. The van der Waals surface area contributed by atoms with E-state index in [1.165, 1.54) is 0 Å². The second-order valence-electron chi connectivity index (χ2n) is 6.15. The van der Waals surface area contributed by atoms with E-state index < -0.39 is 11.1 Å². The lowest BCUT2D eigenvalue weighted by molar-refractivity contribution is -0.00294. The summed E-state index contributed by atoms with van der Waals surface area (Å²) in [4.78, 5) is 12.4. The molecule has 4 heteroatoms. The Morgan fingerprint density at radius 1 is 1.20 bits per heavy atom. The number of nitrogens with one attached hydrogen (secondary N) is 2. The molecule has 0 saturated carbocycles. The van der Waals surface area contributed by atoms with Gasteiger partial charge in [0.15, 0.2) is 0 Å². The van der Waals surface area contributed by atoms with Crippen molar-refractivity contribution in [3.63, 3.8) is 0 Å². The minimum atomic E-state index is -0.997. The molecule has 3 N–H and O–H groups in total. The predicted molar refractivity (Wildman–Crippen MR) is 81.9 cm³/mol. The topological polar surface area (TPSA) is 61.4 Å². The Morgan fingerprint density at radius 2 is 1.80 bits per heavy atom. The first kappa shape index (κ1) is 16.7. The fourth-order valence-corrected chi connectivity index (χ4v) is 1.72. The van der Waals surface area contributed by atoms with E-state index in [2.05, 4.69) is 10.6 Å². The van der Waals surface area contributed by atoms with Crippen LogP contribution in [0.3, 0.4) is 0 Å². The molecule has 20 heavy (non-hydrogen) atoms. The Kier molecular flexibility index (Phi) is 5.31. The molecule has 0 saturated heterocycles. The van der Waals surface area contributed by atoms with Gasteiger partial charge in [-0.05, 0) is 59.3 Å². The molecular weight excluding hydrogens is 252 g/mol. The third-order valence-corrected chi connectivity index (χ3v) is 3.86. The molecule has 0 spiro atoms. The molecule has 0 bridgehead atoms. The quantitative estimate of drug-likeness (QED) is 0.742. The Bertz CT molecular complexity index is 462. The second-order valence-corrected chi connectivity index (χ2v) is 6.15. The number of benzene rings is 1. The van der Waals surface area contributed by atoms with Gasteiger partial charge < -0.3 is 15.7 Å². The van der Waals surface area contributed by atoms with Crippen LogP contribution in [0.15, 0.2) is 24.3 Å². The van der Waals surface area contributed by atoms with Crippen molar-refractivity contribution in [2.24, 2.45) is 0 Å². The molecule has 0 fully saturated rings. The van der Waals surface area contributed by atoms with E-state index in [9.17, 15) is 9.90 Å². The molecule has 1 aromatic rings. The third kappa shape index (κ3) is 4.05. The number of carbonyl (C=O) groups is 1. The third-order valence-electron chi connectivity index (χ3n) is 3.86. The van der Waals surface area contributed by atoms with Crippen LogP contribution >= 0.6 is 0 Å². The number of hydrogen-bond acceptors (Lipinski definition) is 3. The summed E-state index contributed by atoms with van der Waals surface area (Å²) in [5.41, 5.74) is -0.0334. The van der Waals surface area contributed by atoms with E-state index in [0.717, 1.165) is 18.5 Å². The molecule has 0 aliphatic carbocycles. The maximum Gasteiger partial charge on any atom is 0.252 e. The van der Waals surface area contributed by atoms with Gasteiger partial charge in [0.05, 0.1) is 11.1 Å². The molecule has 0 heterocycles. The van der Waals surface area contributed by atoms with Gasteiger partial charge >= 0.3 is 0 Å². The molecule has 0 unspecified atom stereocenters. The van der Waals surface area contributed by atoms with Crippen LogP contribution in [0.4, 0.5) is 0 Å². The number of likely N-dealkylation sites (N-methyl/N-ethyl adjacent to an activating group) is 1. The first-order chi connectivity index (χ1) is 9.19. The highest BCUT2D eigenvalue weighted by Crippen LogP contribution is 2.21. The molecular formula is C16H26N2O2. The molecule has 0 aliphatic heterocycles. The predicted octanol–water partition coefficient (Wildman–Crippen LogP) is 1.73. The van der Waals surface area contributed by atoms with Gasteiger partial charge in [-0.25, -0.2) is 0 Å². The lowest BCUT2D eigenvalue weighted by Gasteiger charge is -2.38. The van der Waals surface area contributed by atoms with Crippen LogP contribution in [0, 0.1) is 0 Å². The Morgan fingerprint density at radius 3 is 2.35 bits per heavy atom. The first-order valence-corrected chi connectivity index (χ1v) is 6.96. The van der Waals surface area contributed by atoms with Gasteiger partial charge in [0.2, 0.25) is 0 Å². The van der Waals surface area contributed by atoms with E-state index in [-0.39, 0.29) is 5.91 Å². The van der Waals surface area contributed by atoms with Crippen molar-refractivity contribution < 1.29 is 9.90 Å². The average molecular weight is 278 g/mol. The number of carbonyl (C=O) groups excluding carboxylic acids is 1. The molecule has 0 radical (unpaired) electrons. The minimum Gasteiger partial charge on any atom is -0.388 e. The van der Waals surface area contributed by atoms with Crippen LogP contribution in [0.1, 0.15) is 43.6 Å². The van der Waals surface area contributed by atoms with Crippen LogP contribution in [-0.2, 0) is 6.42 Å². The summed E-state index contributed by atoms with van der Waals surface area (Å²) in [6.07, 6.45) is 0.795. The summed E-state index contributed by atoms with van der Waals surface area (Å²) in [6.45, 7) is 7.85. The van der Waals surface area contributed by atoms with Crippen molar-refractivity contribution in [3.05, 3.63) is 35.4 Å². The van der Waals surface area contributed by atoms with Crippen molar-refractivity contribution in [1.82, 2.24) is 10.6 Å². The SMILES string of the molecule is CNCCc1ccccc1C(=O)NC(C)(C)C(C)(C)O. The normalized spacial score (nSPS) is 12.3. The smallest absolute Gasteiger partial charge is 0.252 e. The number of rotatable bonds is 6. The number of amides is 1.